The number of benzene rings is 1. The van der Waals surface area contributed by atoms with Gasteiger partial charge in [0.25, 0.3) is 0 Å². The molecule has 0 saturated carbocycles. The van der Waals surface area contributed by atoms with Crippen molar-refractivity contribution in [3.63, 3.8) is 0 Å². The maximum Gasteiger partial charge on any atom is 0.319 e. The largest absolute Gasteiger partial charge is 0.338 e. The van der Waals surface area contributed by atoms with Gasteiger partial charge in [-0.2, -0.15) is 0 Å². The summed E-state index contributed by atoms with van der Waals surface area (Å²) in [4.78, 5) is 11.9. The van der Waals surface area contributed by atoms with E-state index in [-0.39, 0.29) is 6.03 Å². The van der Waals surface area contributed by atoms with Gasteiger partial charge in [-0.1, -0.05) is 39.0 Å². The Morgan fingerprint density at radius 2 is 1.71 bits per heavy atom. The summed E-state index contributed by atoms with van der Waals surface area (Å²) in [5, 5.41) is 5.49. The summed E-state index contributed by atoms with van der Waals surface area (Å²) in [6.45, 7) is 2.85. The van der Waals surface area contributed by atoms with Gasteiger partial charge in [0.15, 0.2) is 11.1 Å². The fraction of sp³-hybridized carbons (Fsp3) is 0.533. The van der Waals surface area contributed by atoms with E-state index >= 15 is 0 Å². The van der Waals surface area contributed by atoms with Gasteiger partial charge in [0, 0.05) is 12.2 Å². The minimum Gasteiger partial charge on any atom is -0.338 e. The molecular weight excluding hydrogens is 288 g/mol. The van der Waals surface area contributed by atoms with Gasteiger partial charge in [0.05, 0.1) is 4.90 Å². The smallest absolute Gasteiger partial charge is 0.319 e. The normalized spacial score (nSPS) is 11.9. The molecule has 1 unspecified atom stereocenters. The predicted octanol–water partition coefficient (Wildman–Crippen LogP) is 3.75. The minimum atomic E-state index is -1.99. The molecule has 5 nitrogen and oxygen atoms in total. The highest BCUT2D eigenvalue weighted by molar-refractivity contribution is 7.79. The molecule has 0 spiro atoms. The Kier molecular flexibility index (Phi) is 8.69. The minimum absolute atomic E-state index is 0.249. The van der Waals surface area contributed by atoms with Gasteiger partial charge in [0.1, 0.15) is 0 Å². The van der Waals surface area contributed by atoms with Crippen LogP contribution in [0.15, 0.2) is 29.2 Å². The van der Waals surface area contributed by atoms with Crippen LogP contribution in [0.2, 0.25) is 0 Å². The van der Waals surface area contributed by atoms with Crippen molar-refractivity contribution in [2.45, 2.75) is 50.3 Å². The molecule has 0 aliphatic carbocycles. The lowest BCUT2D eigenvalue weighted by atomic mass is 10.1. The third-order valence-electron chi connectivity index (χ3n) is 3.13. The lowest BCUT2D eigenvalue weighted by Crippen LogP contribution is -2.29. The van der Waals surface area contributed by atoms with Gasteiger partial charge in [-0.15, -0.1) is 0 Å². The van der Waals surface area contributed by atoms with Crippen molar-refractivity contribution in [1.29, 1.82) is 0 Å². The highest BCUT2D eigenvalue weighted by Crippen LogP contribution is 2.11. The molecule has 6 heteroatoms. The topological polar surface area (TPSA) is 78.4 Å². The molecule has 0 aliphatic heterocycles. The Morgan fingerprint density at radius 1 is 1.10 bits per heavy atom. The molecule has 118 valence electrons. The van der Waals surface area contributed by atoms with E-state index in [1.807, 2.05) is 0 Å². The fourth-order valence-corrected chi connectivity index (χ4v) is 2.31. The van der Waals surface area contributed by atoms with Crippen molar-refractivity contribution in [3.05, 3.63) is 24.3 Å². The number of hydrogen-bond acceptors (Lipinski definition) is 2. The number of unbranched alkanes of at least 4 members (excludes halogenated alkanes) is 5. The van der Waals surface area contributed by atoms with E-state index in [4.69, 9.17) is 4.55 Å². The first-order valence-electron chi connectivity index (χ1n) is 7.39. The van der Waals surface area contributed by atoms with Crippen molar-refractivity contribution < 1.29 is 13.6 Å². The zero-order chi connectivity index (χ0) is 15.5. The standard InChI is InChI=1S/C15H24N2O3S/c1-2-3-4-5-6-7-12-16-15(18)17-13-8-10-14(11-9-13)21(19)20/h8-11H,2-7,12H2,1H3,(H,19,20)(H2,16,17,18). The second-order valence-corrected chi connectivity index (χ2v) is 5.89. The summed E-state index contributed by atoms with van der Waals surface area (Å²) in [5.41, 5.74) is 0.602. The van der Waals surface area contributed by atoms with Crippen LogP contribution in [0.25, 0.3) is 0 Å². The molecule has 0 bridgehead atoms. The second-order valence-electron chi connectivity index (χ2n) is 4.92. The number of rotatable bonds is 9. The number of nitrogens with one attached hydrogen (secondary N) is 2. The van der Waals surface area contributed by atoms with E-state index in [9.17, 15) is 9.00 Å². The van der Waals surface area contributed by atoms with Crippen LogP contribution in [0.5, 0.6) is 0 Å². The van der Waals surface area contributed by atoms with E-state index in [1.165, 1.54) is 37.8 Å². The maximum absolute atomic E-state index is 11.6. The first-order valence-corrected chi connectivity index (χ1v) is 8.50. The SMILES string of the molecule is CCCCCCCCNC(=O)Nc1ccc(S(=O)O)cc1. The molecule has 0 aliphatic rings. The number of carbonyl (C=O) groups is 1. The summed E-state index contributed by atoms with van der Waals surface area (Å²) in [6, 6.07) is 5.99. The lowest BCUT2D eigenvalue weighted by Gasteiger charge is -2.08. The molecule has 0 heterocycles. The average molecular weight is 312 g/mol. The van der Waals surface area contributed by atoms with Gasteiger partial charge >= 0.3 is 6.03 Å². The first kappa shape index (κ1) is 17.7. The zero-order valence-electron chi connectivity index (χ0n) is 12.4. The van der Waals surface area contributed by atoms with Crippen molar-refractivity contribution in [2.75, 3.05) is 11.9 Å². The Hall–Kier alpha value is -1.40. The Labute approximate surface area is 128 Å². The van der Waals surface area contributed by atoms with Gasteiger partial charge in [-0.25, -0.2) is 9.00 Å². The van der Waals surface area contributed by atoms with Crippen molar-refractivity contribution in [2.24, 2.45) is 0 Å². The van der Waals surface area contributed by atoms with Crippen LogP contribution >= 0.6 is 0 Å². The zero-order valence-corrected chi connectivity index (χ0v) is 13.2. The molecule has 0 saturated heterocycles. The summed E-state index contributed by atoms with van der Waals surface area (Å²) in [6.07, 6.45) is 7.13. The summed E-state index contributed by atoms with van der Waals surface area (Å²) >= 11 is -1.99. The molecule has 1 atom stereocenters. The first-order chi connectivity index (χ1) is 10.1. The third-order valence-corrected chi connectivity index (χ3v) is 3.81. The molecule has 1 rings (SSSR count). The van der Waals surface area contributed by atoms with Crippen molar-refractivity contribution in [1.82, 2.24) is 5.32 Å². The highest BCUT2D eigenvalue weighted by Gasteiger charge is 2.03. The van der Waals surface area contributed by atoms with Crippen LogP contribution < -0.4 is 10.6 Å². The number of amides is 2. The van der Waals surface area contributed by atoms with Gasteiger partial charge in [0.2, 0.25) is 0 Å². The van der Waals surface area contributed by atoms with Crippen LogP contribution in [-0.4, -0.2) is 21.3 Å². The molecule has 3 N–H and O–H groups in total. The molecule has 1 aromatic carbocycles. The number of hydrogen-bond donors (Lipinski definition) is 3. The molecular formula is C15H24N2O3S. The summed E-state index contributed by atoms with van der Waals surface area (Å²) < 4.78 is 19.7. The molecule has 0 fully saturated rings. The van der Waals surface area contributed by atoms with Crippen LogP contribution in [0.3, 0.4) is 0 Å². The van der Waals surface area contributed by atoms with Crippen LogP contribution in [0.4, 0.5) is 10.5 Å². The molecule has 0 aromatic heterocycles. The number of carbonyl (C=O) groups excluding carboxylic acids is 1. The molecule has 1 aromatic rings. The number of anilines is 1. The van der Waals surface area contributed by atoms with Crippen LogP contribution in [0.1, 0.15) is 45.4 Å². The quantitative estimate of drug-likeness (QED) is 0.480. The Bertz CT molecular complexity index is 449. The Balaban J connectivity index is 2.17. The van der Waals surface area contributed by atoms with E-state index in [0.29, 0.717) is 17.1 Å². The van der Waals surface area contributed by atoms with Gasteiger partial charge in [-0.3, -0.25) is 0 Å². The van der Waals surface area contributed by atoms with Crippen LogP contribution in [-0.2, 0) is 11.1 Å². The van der Waals surface area contributed by atoms with E-state index in [2.05, 4.69) is 17.6 Å². The highest BCUT2D eigenvalue weighted by atomic mass is 32.2. The van der Waals surface area contributed by atoms with Crippen LogP contribution in [0, 0.1) is 0 Å². The Morgan fingerprint density at radius 3 is 2.33 bits per heavy atom. The third kappa shape index (κ3) is 7.82. The average Bonchev–Trinajstić information content (AvgIpc) is 2.47. The van der Waals surface area contributed by atoms with E-state index < -0.39 is 11.1 Å². The van der Waals surface area contributed by atoms with E-state index in [0.717, 1.165) is 12.8 Å². The van der Waals surface area contributed by atoms with Crippen molar-refractivity contribution in [3.8, 4) is 0 Å². The summed E-state index contributed by atoms with van der Waals surface area (Å²) in [5.74, 6) is 0. The van der Waals surface area contributed by atoms with E-state index in [1.54, 1.807) is 12.1 Å². The van der Waals surface area contributed by atoms with Gasteiger partial charge in [-0.05, 0) is 30.7 Å². The lowest BCUT2D eigenvalue weighted by molar-refractivity contribution is 0.252. The van der Waals surface area contributed by atoms with Gasteiger partial charge < -0.3 is 15.2 Å². The maximum atomic E-state index is 11.6. The molecule has 21 heavy (non-hydrogen) atoms. The molecule has 0 radical (unpaired) electrons. The number of urea groups is 1. The second kappa shape index (κ2) is 10.3. The van der Waals surface area contributed by atoms with Crippen molar-refractivity contribution >= 4 is 22.8 Å². The molecule has 2 amide bonds. The fourth-order valence-electron chi connectivity index (χ4n) is 1.94. The predicted molar refractivity (Wildman–Crippen MR) is 85.9 cm³/mol. The monoisotopic (exact) mass is 312 g/mol. The summed E-state index contributed by atoms with van der Waals surface area (Å²) in [7, 11) is 0.